The molecule has 4 nitrogen and oxygen atoms in total. The van der Waals surface area contributed by atoms with Crippen molar-refractivity contribution < 1.29 is 0 Å². The largest absolute Gasteiger partial charge is 0.307 e. The number of likely N-dealkylation sites (tertiary alicyclic amines) is 1. The van der Waals surface area contributed by atoms with Gasteiger partial charge in [0.2, 0.25) is 0 Å². The summed E-state index contributed by atoms with van der Waals surface area (Å²) >= 11 is 0. The third kappa shape index (κ3) is 3.07. The van der Waals surface area contributed by atoms with Crippen LogP contribution >= 0.6 is 0 Å². The zero-order valence-electron chi connectivity index (χ0n) is 11.2. The minimum Gasteiger partial charge on any atom is -0.307 e. The first kappa shape index (κ1) is 12.6. The van der Waals surface area contributed by atoms with E-state index >= 15 is 0 Å². The van der Waals surface area contributed by atoms with Gasteiger partial charge < -0.3 is 5.32 Å². The molecule has 1 aromatic heterocycles. The van der Waals surface area contributed by atoms with E-state index in [1.54, 1.807) is 0 Å². The summed E-state index contributed by atoms with van der Waals surface area (Å²) in [5.41, 5.74) is 1.25. The van der Waals surface area contributed by atoms with Gasteiger partial charge in [0.1, 0.15) is 0 Å². The molecule has 17 heavy (non-hydrogen) atoms. The molecule has 1 fully saturated rings. The van der Waals surface area contributed by atoms with Crippen LogP contribution in [0.4, 0.5) is 0 Å². The van der Waals surface area contributed by atoms with E-state index in [0.717, 1.165) is 6.54 Å². The van der Waals surface area contributed by atoms with Gasteiger partial charge in [-0.3, -0.25) is 9.58 Å². The maximum Gasteiger partial charge on any atom is 0.0547 e. The van der Waals surface area contributed by atoms with Gasteiger partial charge in [-0.25, -0.2) is 0 Å². The smallest absolute Gasteiger partial charge is 0.0547 e. The number of aryl methyl sites for hydroxylation is 1. The van der Waals surface area contributed by atoms with Gasteiger partial charge in [0, 0.05) is 31.9 Å². The molecule has 0 amide bonds. The van der Waals surface area contributed by atoms with Crippen LogP contribution in [0.3, 0.4) is 0 Å². The predicted molar refractivity (Wildman–Crippen MR) is 69.9 cm³/mol. The summed E-state index contributed by atoms with van der Waals surface area (Å²) < 4.78 is 1.94. The number of hydrogen-bond donors (Lipinski definition) is 1. The summed E-state index contributed by atoms with van der Waals surface area (Å²) in [6, 6.07) is 3.08. The van der Waals surface area contributed by atoms with E-state index in [1.807, 2.05) is 17.9 Å². The average molecular weight is 236 g/mol. The number of nitrogens with one attached hydrogen (secondary N) is 1. The highest BCUT2D eigenvalue weighted by Crippen LogP contribution is 2.13. The van der Waals surface area contributed by atoms with Gasteiger partial charge >= 0.3 is 0 Å². The van der Waals surface area contributed by atoms with E-state index in [2.05, 4.69) is 35.2 Å². The lowest BCUT2D eigenvalue weighted by molar-refractivity contribution is 0.246. The molecule has 2 rings (SSSR count). The normalized spacial score (nSPS) is 20.6. The lowest BCUT2D eigenvalue weighted by Crippen LogP contribution is -2.39. The Morgan fingerprint density at radius 3 is 2.65 bits per heavy atom. The maximum atomic E-state index is 4.21. The van der Waals surface area contributed by atoms with Crippen molar-refractivity contribution in [3.63, 3.8) is 0 Å². The molecule has 0 bridgehead atoms. The summed E-state index contributed by atoms with van der Waals surface area (Å²) in [4.78, 5) is 2.57. The van der Waals surface area contributed by atoms with Gasteiger partial charge in [-0.1, -0.05) is 0 Å². The van der Waals surface area contributed by atoms with Crippen LogP contribution in [0.25, 0.3) is 0 Å². The molecular weight excluding hydrogens is 212 g/mol. The van der Waals surface area contributed by atoms with Crippen molar-refractivity contribution in [2.24, 2.45) is 7.05 Å². The molecule has 4 heteroatoms. The molecule has 1 N–H and O–H groups in total. The van der Waals surface area contributed by atoms with E-state index in [-0.39, 0.29) is 0 Å². The highest BCUT2D eigenvalue weighted by Gasteiger charge is 2.18. The van der Waals surface area contributed by atoms with Gasteiger partial charge in [0.25, 0.3) is 0 Å². The number of hydrogen-bond acceptors (Lipinski definition) is 3. The molecule has 0 spiro atoms. The van der Waals surface area contributed by atoms with Crippen LogP contribution < -0.4 is 5.32 Å². The second-order valence-corrected chi connectivity index (χ2v) is 5.10. The van der Waals surface area contributed by atoms with E-state index < -0.39 is 0 Å². The fourth-order valence-corrected chi connectivity index (χ4v) is 2.57. The van der Waals surface area contributed by atoms with Gasteiger partial charge in [0.05, 0.1) is 5.69 Å². The van der Waals surface area contributed by atoms with Crippen molar-refractivity contribution in [2.45, 2.75) is 38.8 Å². The first-order chi connectivity index (χ1) is 8.18. The fraction of sp³-hybridized carbons (Fsp3) is 0.769. The van der Waals surface area contributed by atoms with Crippen LogP contribution in [-0.2, 0) is 7.05 Å². The first-order valence-electron chi connectivity index (χ1n) is 6.64. The summed E-state index contributed by atoms with van der Waals surface area (Å²) in [6.07, 6.45) is 4.58. The quantitative estimate of drug-likeness (QED) is 0.842. The SMILES string of the molecule is CC(NCC(C)N1CCCC1)c1ccnn1C. The van der Waals surface area contributed by atoms with Gasteiger partial charge in [-0.2, -0.15) is 5.10 Å². The van der Waals surface area contributed by atoms with Crippen LogP contribution in [0, 0.1) is 0 Å². The predicted octanol–water partition coefficient (Wildman–Crippen LogP) is 1.55. The number of rotatable bonds is 5. The first-order valence-corrected chi connectivity index (χ1v) is 6.64. The van der Waals surface area contributed by atoms with E-state index in [1.165, 1.54) is 31.6 Å². The Morgan fingerprint density at radius 2 is 2.06 bits per heavy atom. The van der Waals surface area contributed by atoms with Crippen LogP contribution in [0.2, 0.25) is 0 Å². The third-order valence-corrected chi connectivity index (χ3v) is 3.79. The summed E-state index contributed by atoms with van der Waals surface area (Å²) in [5, 5.41) is 7.81. The average Bonchev–Trinajstić information content (AvgIpc) is 2.95. The minimum absolute atomic E-state index is 0.368. The summed E-state index contributed by atoms with van der Waals surface area (Å²) in [6.45, 7) is 8.10. The topological polar surface area (TPSA) is 33.1 Å². The molecule has 2 heterocycles. The third-order valence-electron chi connectivity index (χ3n) is 3.79. The Balaban J connectivity index is 1.79. The highest BCUT2D eigenvalue weighted by atomic mass is 15.3. The number of nitrogens with zero attached hydrogens (tertiary/aromatic N) is 3. The molecule has 0 aliphatic carbocycles. The van der Waals surface area contributed by atoms with Crippen LogP contribution in [0.15, 0.2) is 12.3 Å². The van der Waals surface area contributed by atoms with Crippen LogP contribution in [0.1, 0.15) is 38.4 Å². The Hall–Kier alpha value is -0.870. The molecule has 1 saturated heterocycles. The van der Waals surface area contributed by atoms with Gasteiger partial charge in [-0.15, -0.1) is 0 Å². The Bertz CT molecular complexity index is 341. The number of aromatic nitrogens is 2. The van der Waals surface area contributed by atoms with Crippen molar-refractivity contribution >= 4 is 0 Å². The molecule has 1 aromatic rings. The lowest BCUT2D eigenvalue weighted by atomic mass is 10.2. The second-order valence-electron chi connectivity index (χ2n) is 5.10. The van der Waals surface area contributed by atoms with Gasteiger partial charge in [-0.05, 0) is 45.8 Å². The molecular formula is C13H24N4. The molecule has 0 aromatic carbocycles. The fourth-order valence-electron chi connectivity index (χ4n) is 2.57. The molecule has 1 aliphatic heterocycles. The molecule has 1 aliphatic rings. The van der Waals surface area contributed by atoms with Crippen LogP contribution in [-0.4, -0.2) is 40.4 Å². The Kier molecular flexibility index (Phi) is 4.18. The summed E-state index contributed by atoms with van der Waals surface area (Å²) in [5.74, 6) is 0. The minimum atomic E-state index is 0.368. The maximum absolute atomic E-state index is 4.21. The van der Waals surface area contributed by atoms with Crippen LogP contribution in [0.5, 0.6) is 0 Å². The Labute approximate surface area is 104 Å². The van der Waals surface area contributed by atoms with Crippen molar-refractivity contribution in [3.05, 3.63) is 18.0 Å². The monoisotopic (exact) mass is 236 g/mol. The molecule has 2 unspecified atom stereocenters. The highest BCUT2D eigenvalue weighted by molar-refractivity contribution is 5.05. The van der Waals surface area contributed by atoms with Gasteiger partial charge in [0.15, 0.2) is 0 Å². The van der Waals surface area contributed by atoms with E-state index in [0.29, 0.717) is 12.1 Å². The zero-order chi connectivity index (χ0) is 12.3. The molecule has 96 valence electrons. The van der Waals surface area contributed by atoms with E-state index in [4.69, 9.17) is 0 Å². The summed E-state index contributed by atoms with van der Waals surface area (Å²) in [7, 11) is 2.00. The zero-order valence-corrected chi connectivity index (χ0v) is 11.2. The lowest BCUT2D eigenvalue weighted by Gasteiger charge is -2.25. The Morgan fingerprint density at radius 1 is 1.35 bits per heavy atom. The van der Waals surface area contributed by atoms with Crippen molar-refractivity contribution in [2.75, 3.05) is 19.6 Å². The van der Waals surface area contributed by atoms with E-state index in [9.17, 15) is 0 Å². The van der Waals surface area contributed by atoms with Crippen molar-refractivity contribution in [1.82, 2.24) is 20.0 Å². The van der Waals surface area contributed by atoms with Crippen molar-refractivity contribution in [1.29, 1.82) is 0 Å². The second kappa shape index (κ2) is 5.65. The molecule has 2 atom stereocenters. The molecule has 0 radical (unpaired) electrons. The standard InChI is InChI=1S/C13H24N4/c1-11(17-8-4-5-9-17)10-14-12(2)13-6-7-15-16(13)3/h6-7,11-12,14H,4-5,8-10H2,1-3H3. The molecule has 0 saturated carbocycles. The van der Waals surface area contributed by atoms with Crippen molar-refractivity contribution in [3.8, 4) is 0 Å².